The fraction of sp³-hybridized carbons (Fsp3) is 0.219. The summed E-state index contributed by atoms with van der Waals surface area (Å²) in [6.45, 7) is 0.364. The predicted molar refractivity (Wildman–Crippen MR) is 157 cm³/mol. The number of nitriles is 1. The fourth-order valence-corrected chi connectivity index (χ4v) is 6.11. The van der Waals surface area contributed by atoms with Crippen molar-refractivity contribution in [1.82, 2.24) is 10.2 Å². The largest absolute Gasteiger partial charge is 0.394 e. The molecule has 3 aromatic carbocycles. The summed E-state index contributed by atoms with van der Waals surface area (Å²) >= 11 is 7.80. The molecule has 0 radical (unpaired) electrons. The van der Waals surface area contributed by atoms with E-state index in [9.17, 15) is 20.0 Å². The number of aliphatic hydroxyl groups excluding tert-OH is 1. The lowest BCUT2D eigenvalue weighted by molar-refractivity contribution is 0.0735. The number of amides is 2. The first-order valence-electron chi connectivity index (χ1n) is 13.1. The summed E-state index contributed by atoms with van der Waals surface area (Å²) in [6.07, 6.45) is 2.16. The molecule has 0 spiro atoms. The Labute approximate surface area is 242 Å². The Morgan fingerprint density at radius 1 is 1.10 bits per heavy atom. The zero-order valence-electron chi connectivity index (χ0n) is 21.7. The topological polar surface area (TPSA) is 93.4 Å². The Kier molecular flexibility index (Phi) is 8.61. The van der Waals surface area contributed by atoms with Crippen molar-refractivity contribution in [3.05, 3.63) is 116 Å². The van der Waals surface area contributed by atoms with Crippen molar-refractivity contribution in [2.75, 3.05) is 13.2 Å². The van der Waals surface area contributed by atoms with E-state index in [1.54, 1.807) is 41.7 Å². The number of benzene rings is 3. The summed E-state index contributed by atoms with van der Waals surface area (Å²) in [7, 11) is 0. The van der Waals surface area contributed by atoms with Gasteiger partial charge in [-0.05, 0) is 94.7 Å². The molecular formula is C32H28ClN3O3S. The van der Waals surface area contributed by atoms with E-state index in [0.29, 0.717) is 40.2 Å². The van der Waals surface area contributed by atoms with Crippen molar-refractivity contribution < 1.29 is 14.7 Å². The van der Waals surface area contributed by atoms with Gasteiger partial charge in [-0.1, -0.05) is 41.9 Å². The quantitative estimate of drug-likeness (QED) is 0.262. The van der Waals surface area contributed by atoms with Gasteiger partial charge in [-0.15, -0.1) is 0 Å². The number of rotatable bonds is 8. The molecule has 40 heavy (non-hydrogen) atoms. The van der Waals surface area contributed by atoms with Gasteiger partial charge in [0.1, 0.15) is 0 Å². The second-order valence-corrected chi connectivity index (χ2v) is 11.1. The van der Waals surface area contributed by atoms with Crippen LogP contribution in [-0.4, -0.2) is 41.0 Å². The number of nitrogens with zero attached hydrogens (tertiary/aromatic N) is 2. The van der Waals surface area contributed by atoms with Gasteiger partial charge in [-0.25, -0.2) is 0 Å². The summed E-state index contributed by atoms with van der Waals surface area (Å²) in [5.41, 5.74) is 4.34. The SMILES string of the molecule is N#Cc1ccccc1-c1cc(C(=O)N[C@H](CO)Cc2ccsc2)cc(C(=O)N2CCCC2c2cccc(Cl)c2)c1. The molecule has 0 aliphatic carbocycles. The maximum absolute atomic E-state index is 14.0. The second kappa shape index (κ2) is 12.5. The molecule has 2 heterocycles. The van der Waals surface area contributed by atoms with Crippen molar-refractivity contribution in [2.45, 2.75) is 31.3 Å². The van der Waals surface area contributed by atoms with Crippen LogP contribution in [0, 0.1) is 11.3 Å². The molecule has 1 fully saturated rings. The van der Waals surface area contributed by atoms with Gasteiger partial charge in [0.2, 0.25) is 0 Å². The molecule has 2 atom stereocenters. The number of carbonyl (C=O) groups is 2. The van der Waals surface area contributed by atoms with Gasteiger partial charge in [-0.2, -0.15) is 16.6 Å². The summed E-state index contributed by atoms with van der Waals surface area (Å²) in [6, 6.07) is 23.3. The maximum atomic E-state index is 14.0. The van der Waals surface area contributed by atoms with Crippen molar-refractivity contribution >= 4 is 34.8 Å². The molecular weight excluding hydrogens is 542 g/mol. The van der Waals surface area contributed by atoms with Gasteiger partial charge in [0, 0.05) is 22.7 Å². The molecule has 8 heteroatoms. The fourth-order valence-electron chi connectivity index (χ4n) is 5.23. The van der Waals surface area contributed by atoms with Crippen LogP contribution in [0.4, 0.5) is 0 Å². The Balaban J connectivity index is 1.51. The van der Waals surface area contributed by atoms with E-state index in [0.717, 1.165) is 24.0 Å². The van der Waals surface area contributed by atoms with E-state index in [1.807, 2.05) is 58.1 Å². The van der Waals surface area contributed by atoms with Crippen LogP contribution in [-0.2, 0) is 6.42 Å². The van der Waals surface area contributed by atoms with Crippen molar-refractivity contribution in [1.29, 1.82) is 5.26 Å². The Hall–Kier alpha value is -3.96. The van der Waals surface area contributed by atoms with Crippen LogP contribution in [0.1, 0.15) is 56.3 Å². The molecule has 202 valence electrons. The van der Waals surface area contributed by atoms with Crippen LogP contribution in [0.15, 0.2) is 83.6 Å². The minimum atomic E-state index is -0.484. The van der Waals surface area contributed by atoms with Crippen LogP contribution in [0.25, 0.3) is 11.1 Å². The minimum absolute atomic E-state index is 0.122. The number of aliphatic hydroxyl groups is 1. The molecule has 1 aromatic heterocycles. The van der Waals surface area contributed by atoms with E-state index < -0.39 is 11.9 Å². The van der Waals surface area contributed by atoms with E-state index in [-0.39, 0.29) is 24.1 Å². The Morgan fingerprint density at radius 3 is 2.67 bits per heavy atom. The van der Waals surface area contributed by atoms with Gasteiger partial charge in [0.05, 0.1) is 30.3 Å². The second-order valence-electron chi connectivity index (χ2n) is 9.86. The average molecular weight is 570 g/mol. The average Bonchev–Trinajstić information content (AvgIpc) is 3.69. The molecule has 1 aliphatic heterocycles. The number of hydrogen-bond acceptors (Lipinski definition) is 5. The van der Waals surface area contributed by atoms with Crippen molar-refractivity contribution in [3.63, 3.8) is 0 Å². The Bertz CT molecular complexity index is 1560. The Morgan fingerprint density at radius 2 is 1.93 bits per heavy atom. The van der Waals surface area contributed by atoms with Crippen LogP contribution < -0.4 is 5.32 Å². The molecule has 2 amide bonds. The third kappa shape index (κ3) is 6.10. The highest BCUT2D eigenvalue weighted by Crippen LogP contribution is 2.35. The zero-order valence-corrected chi connectivity index (χ0v) is 23.3. The smallest absolute Gasteiger partial charge is 0.254 e. The van der Waals surface area contributed by atoms with Crippen LogP contribution in [0.2, 0.25) is 5.02 Å². The lowest BCUT2D eigenvalue weighted by Crippen LogP contribution is -2.39. The normalized spacial score (nSPS) is 15.4. The molecule has 0 saturated carbocycles. The molecule has 1 unspecified atom stereocenters. The van der Waals surface area contributed by atoms with Crippen LogP contribution in [0.3, 0.4) is 0 Å². The standard InChI is InChI=1S/C32H28ClN3O3S/c33-27-7-3-6-22(17-27)30-9-4-11-36(30)32(39)26-15-24(29-8-2-1-5-23(29)18-34)14-25(16-26)31(38)35-28(19-37)13-21-10-12-40-20-21/h1-3,5-8,10,12,14-17,20,28,30,37H,4,9,11,13,19H2,(H,35,38)/t28-,30?/m0/s1. The number of hydrogen-bond donors (Lipinski definition) is 2. The molecule has 1 aliphatic rings. The first-order valence-corrected chi connectivity index (χ1v) is 14.4. The summed E-state index contributed by atoms with van der Waals surface area (Å²) in [5, 5.41) is 27.1. The minimum Gasteiger partial charge on any atom is -0.394 e. The van der Waals surface area contributed by atoms with Crippen LogP contribution >= 0.6 is 22.9 Å². The van der Waals surface area contributed by atoms with Crippen LogP contribution in [0.5, 0.6) is 0 Å². The molecule has 0 bridgehead atoms. The van der Waals surface area contributed by atoms with Crippen molar-refractivity contribution in [2.24, 2.45) is 0 Å². The summed E-state index contributed by atoms with van der Waals surface area (Å²) < 4.78 is 0. The highest BCUT2D eigenvalue weighted by atomic mass is 35.5. The zero-order chi connectivity index (χ0) is 28.1. The number of halogens is 1. The van der Waals surface area contributed by atoms with Crippen molar-refractivity contribution in [3.8, 4) is 17.2 Å². The molecule has 5 rings (SSSR count). The third-order valence-electron chi connectivity index (χ3n) is 7.17. The number of likely N-dealkylation sites (tertiary alicyclic amines) is 1. The van der Waals surface area contributed by atoms with Gasteiger partial charge < -0.3 is 15.3 Å². The van der Waals surface area contributed by atoms with E-state index in [2.05, 4.69) is 11.4 Å². The van der Waals surface area contributed by atoms with Gasteiger partial charge in [0.25, 0.3) is 11.8 Å². The monoisotopic (exact) mass is 569 g/mol. The van der Waals surface area contributed by atoms with E-state index >= 15 is 0 Å². The first kappa shape index (κ1) is 27.6. The lowest BCUT2D eigenvalue weighted by atomic mass is 9.95. The van der Waals surface area contributed by atoms with E-state index in [4.69, 9.17) is 11.6 Å². The number of nitrogens with one attached hydrogen (secondary N) is 1. The number of thiophene rings is 1. The molecule has 4 aromatic rings. The van der Waals surface area contributed by atoms with Gasteiger partial charge >= 0.3 is 0 Å². The highest BCUT2D eigenvalue weighted by molar-refractivity contribution is 7.07. The molecule has 1 saturated heterocycles. The summed E-state index contributed by atoms with van der Waals surface area (Å²) in [4.78, 5) is 29.3. The van der Waals surface area contributed by atoms with E-state index in [1.165, 1.54) is 0 Å². The van der Waals surface area contributed by atoms with Gasteiger partial charge in [-0.3, -0.25) is 9.59 Å². The van der Waals surface area contributed by atoms with Gasteiger partial charge in [0.15, 0.2) is 0 Å². The highest BCUT2D eigenvalue weighted by Gasteiger charge is 2.31. The summed E-state index contributed by atoms with van der Waals surface area (Å²) in [5.74, 6) is -0.586. The predicted octanol–water partition coefficient (Wildman–Crippen LogP) is 6.25. The maximum Gasteiger partial charge on any atom is 0.254 e. The molecule has 2 N–H and O–H groups in total. The third-order valence-corrected chi connectivity index (χ3v) is 8.13. The lowest BCUT2D eigenvalue weighted by Gasteiger charge is -2.26. The first-order chi connectivity index (χ1) is 19.5. The molecule has 6 nitrogen and oxygen atoms in total. The number of carbonyl (C=O) groups excluding carboxylic acids is 2.